The van der Waals surface area contributed by atoms with Crippen molar-refractivity contribution in [2.45, 2.75) is 24.3 Å². The maximum atomic E-state index is 13.4. The van der Waals surface area contributed by atoms with Gasteiger partial charge in [-0.25, -0.2) is 0 Å². The number of hydrazone groups is 1. The maximum absolute atomic E-state index is 13.4. The highest BCUT2D eigenvalue weighted by Gasteiger charge is 2.38. The van der Waals surface area contributed by atoms with Crippen LogP contribution in [0, 0.1) is 6.92 Å². The summed E-state index contributed by atoms with van der Waals surface area (Å²) >= 11 is 0. The second-order valence-electron chi connectivity index (χ2n) is 6.97. The molecule has 1 heterocycles. The third-order valence-corrected chi connectivity index (χ3v) is 6.74. The topological polar surface area (TPSA) is 59.0 Å². The number of para-hydroxylation sites is 1. The predicted molar refractivity (Wildman–Crippen MR) is 114 cm³/mol. The lowest BCUT2D eigenvalue weighted by molar-refractivity contribution is 0.350. The summed E-state index contributed by atoms with van der Waals surface area (Å²) in [4.78, 5) is 0.216. The van der Waals surface area contributed by atoms with E-state index in [1.54, 1.807) is 37.4 Å². The highest BCUT2D eigenvalue weighted by atomic mass is 32.2. The Hall–Kier alpha value is -3.12. The van der Waals surface area contributed by atoms with Crippen molar-refractivity contribution in [1.29, 1.82) is 0 Å². The van der Waals surface area contributed by atoms with E-state index < -0.39 is 16.1 Å². The molecule has 1 atom stereocenters. The second kappa shape index (κ2) is 7.72. The molecule has 3 aromatic carbocycles. The summed E-state index contributed by atoms with van der Waals surface area (Å²) in [6.07, 6.45) is 0.468. The van der Waals surface area contributed by atoms with Gasteiger partial charge in [-0.15, -0.1) is 0 Å². The molecule has 0 fully saturated rings. The molecule has 5 nitrogen and oxygen atoms in total. The standard InChI is InChI=1S/C23H22N2O3S/c1-17-12-14-18(15-13-17)21-16-22(20-10-6-7-11-23(20)28-2)25(24-21)29(26,27)19-8-4-3-5-9-19/h3-15,22H,16H2,1-2H3/t22-/m0/s1. The quantitative estimate of drug-likeness (QED) is 0.625. The number of ether oxygens (including phenoxy) is 1. The van der Waals surface area contributed by atoms with Crippen molar-refractivity contribution in [3.63, 3.8) is 0 Å². The zero-order valence-electron chi connectivity index (χ0n) is 16.3. The third kappa shape index (κ3) is 3.63. The van der Waals surface area contributed by atoms with Crippen LogP contribution < -0.4 is 4.74 Å². The van der Waals surface area contributed by atoms with Crippen molar-refractivity contribution >= 4 is 15.7 Å². The zero-order chi connectivity index (χ0) is 20.4. The van der Waals surface area contributed by atoms with Crippen LogP contribution >= 0.6 is 0 Å². The van der Waals surface area contributed by atoms with E-state index in [4.69, 9.17) is 4.74 Å². The zero-order valence-corrected chi connectivity index (χ0v) is 17.1. The van der Waals surface area contributed by atoms with E-state index in [1.807, 2.05) is 55.5 Å². The fourth-order valence-corrected chi connectivity index (χ4v) is 4.95. The summed E-state index contributed by atoms with van der Waals surface area (Å²) in [5.41, 5.74) is 3.59. The van der Waals surface area contributed by atoms with Crippen LogP contribution in [0.2, 0.25) is 0 Å². The Balaban J connectivity index is 1.83. The fourth-order valence-electron chi connectivity index (χ4n) is 3.50. The number of hydrogen-bond acceptors (Lipinski definition) is 4. The minimum atomic E-state index is -3.82. The minimum absolute atomic E-state index is 0.216. The first-order valence-electron chi connectivity index (χ1n) is 9.37. The maximum Gasteiger partial charge on any atom is 0.279 e. The molecule has 29 heavy (non-hydrogen) atoms. The van der Waals surface area contributed by atoms with Gasteiger partial charge in [-0.05, 0) is 30.7 Å². The van der Waals surface area contributed by atoms with Crippen molar-refractivity contribution in [2.75, 3.05) is 7.11 Å². The van der Waals surface area contributed by atoms with Crippen LogP contribution in [-0.2, 0) is 10.0 Å². The van der Waals surface area contributed by atoms with Gasteiger partial charge in [-0.2, -0.15) is 17.9 Å². The first-order chi connectivity index (χ1) is 14.0. The van der Waals surface area contributed by atoms with Crippen molar-refractivity contribution in [1.82, 2.24) is 4.41 Å². The predicted octanol–water partition coefficient (Wildman–Crippen LogP) is 4.54. The number of benzene rings is 3. The normalized spacial score (nSPS) is 16.6. The largest absolute Gasteiger partial charge is 0.496 e. The van der Waals surface area contributed by atoms with E-state index in [0.717, 1.165) is 22.4 Å². The molecule has 0 amide bonds. The van der Waals surface area contributed by atoms with Gasteiger partial charge in [0, 0.05) is 12.0 Å². The number of nitrogens with zero attached hydrogens (tertiary/aromatic N) is 2. The first kappa shape index (κ1) is 19.2. The average molecular weight is 407 g/mol. The molecule has 0 saturated carbocycles. The monoisotopic (exact) mass is 406 g/mol. The number of aryl methyl sites for hydroxylation is 1. The molecule has 0 radical (unpaired) electrons. The van der Waals surface area contributed by atoms with E-state index in [1.165, 1.54) is 4.41 Å². The Morgan fingerprint density at radius 3 is 2.28 bits per heavy atom. The molecule has 0 saturated heterocycles. The number of rotatable bonds is 5. The molecule has 1 aliphatic rings. The number of hydrogen-bond donors (Lipinski definition) is 0. The summed E-state index contributed by atoms with van der Waals surface area (Å²) in [5.74, 6) is 0.645. The van der Waals surface area contributed by atoms with Gasteiger partial charge >= 0.3 is 0 Å². The van der Waals surface area contributed by atoms with Gasteiger partial charge in [0.05, 0.1) is 23.8 Å². The summed E-state index contributed by atoms with van der Waals surface area (Å²) in [5, 5.41) is 4.58. The Morgan fingerprint density at radius 1 is 0.931 bits per heavy atom. The molecule has 0 spiro atoms. The van der Waals surface area contributed by atoms with Crippen LogP contribution in [-0.4, -0.2) is 25.7 Å². The molecule has 0 unspecified atom stereocenters. The molecule has 3 aromatic rings. The Bertz CT molecular complexity index is 1140. The second-order valence-corrected chi connectivity index (χ2v) is 8.76. The van der Waals surface area contributed by atoms with Crippen molar-refractivity contribution in [3.05, 3.63) is 95.6 Å². The lowest BCUT2D eigenvalue weighted by Crippen LogP contribution is -2.27. The van der Waals surface area contributed by atoms with Gasteiger partial charge < -0.3 is 4.74 Å². The van der Waals surface area contributed by atoms with Gasteiger partial charge in [0.25, 0.3) is 10.0 Å². The van der Waals surface area contributed by atoms with Crippen molar-refractivity contribution in [2.24, 2.45) is 5.10 Å². The van der Waals surface area contributed by atoms with E-state index in [0.29, 0.717) is 12.2 Å². The minimum Gasteiger partial charge on any atom is -0.496 e. The lowest BCUT2D eigenvalue weighted by atomic mass is 9.98. The van der Waals surface area contributed by atoms with Crippen LogP contribution in [0.25, 0.3) is 0 Å². The van der Waals surface area contributed by atoms with Crippen molar-refractivity contribution < 1.29 is 13.2 Å². The van der Waals surface area contributed by atoms with Gasteiger partial charge in [0.15, 0.2) is 0 Å². The van der Waals surface area contributed by atoms with Gasteiger partial charge in [-0.1, -0.05) is 66.2 Å². The van der Waals surface area contributed by atoms with Crippen LogP contribution in [0.1, 0.15) is 29.2 Å². The Kier molecular flexibility index (Phi) is 5.11. The van der Waals surface area contributed by atoms with E-state index in [-0.39, 0.29) is 4.90 Å². The summed E-state index contributed by atoms with van der Waals surface area (Å²) in [6.45, 7) is 2.02. The SMILES string of the molecule is COc1ccccc1[C@@H]1CC(c2ccc(C)cc2)=NN1S(=O)(=O)c1ccccc1. The molecule has 0 aromatic heterocycles. The molecule has 6 heteroatoms. The molecule has 4 rings (SSSR count). The lowest BCUT2D eigenvalue weighted by Gasteiger charge is -2.24. The highest BCUT2D eigenvalue weighted by molar-refractivity contribution is 7.89. The highest BCUT2D eigenvalue weighted by Crippen LogP contribution is 2.40. The molecule has 0 aliphatic carbocycles. The first-order valence-corrected chi connectivity index (χ1v) is 10.8. The third-order valence-electron chi connectivity index (χ3n) is 5.04. The van der Waals surface area contributed by atoms with E-state index in [9.17, 15) is 8.42 Å². The fraction of sp³-hybridized carbons (Fsp3) is 0.174. The molecule has 0 N–H and O–H groups in total. The number of methoxy groups -OCH3 is 1. The summed E-state index contributed by atoms with van der Waals surface area (Å²) in [6, 6.07) is 23.4. The van der Waals surface area contributed by atoms with Crippen LogP contribution in [0.4, 0.5) is 0 Å². The smallest absolute Gasteiger partial charge is 0.279 e. The van der Waals surface area contributed by atoms with Crippen LogP contribution in [0.3, 0.4) is 0 Å². The molecule has 1 aliphatic heterocycles. The Morgan fingerprint density at radius 2 is 1.59 bits per heavy atom. The van der Waals surface area contributed by atoms with Gasteiger partial charge in [0.2, 0.25) is 0 Å². The number of sulfonamides is 1. The Labute approximate surface area is 171 Å². The molecular formula is C23H22N2O3S. The van der Waals surface area contributed by atoms with Gasteiger partial charge in [-0.3, -0.25) is 0 Å². The van der Waals surface area contributed by atoms with Gasteiger partial charge in [0.1, 0.15) is 5.75 Å². The molecular weight excluding hydrogens is 384 g/mol. The van der Waals surface area contributed by atoms with Crippen LogP contribution in [0.15, 0.2) is 88.9 Å². The molecule has 148 valence electrons. The van der Waals surface area contributed by atoms with Crippen LogP contribution in [0.5, 0.6) is 5.75 Å². The van der Waals surface area contributed by atoms with E-state index in [2.05, 4.69) is 5.10 Å². The average Bonchev–Trinajstić information content (AvgIpc) is 3.21. The van der Waals surface area contributed by atoms with E-state index >= 15 is 0 Å². The van der Waals surface area contributed by atoms with Crippen molar-refractivity contribution in [3.8, 4) is 5.75 Å². The summed E-state index contributed by atoms with van der Waals surface area (Å²) < 4.78 is 33.6. The summed E-state index contributed by atoms with van der Waals surface area (Å²) in [7, 11) is -2.23. The molecule has 0 bridgehead atoms.